The maximum atomic E-state index is 11.8. The zero-order chi connectivity index (χ0) is 12.1. The van der Waals surface area contributed by atoms with E-state index in [4.69, 9.17) is 4.74 Å². The molecule has 1 saturated carbocycles. The number of carbonyl (C=O) groups excluding carboxylic acids is 1. The van der Waals surface area contributed by atoms with E-state index >= 15 is 0 Å². The van der Waals surface area contributed by atoms with E-state index in [0.717, 1.165) is 26.1 Å². The highest BCUT2D eigenvalue weighted by atomic mass is 16.5. The lowest BCUT2D eigenvalue weighted by molar-refractivity contribution is -0.121. The zero-order valence-electron chi connectivity index (χ0n) is 10.7. The van der Waals surface area contributed by atoms with Gasteiger partial charge in [0.05, 0.1) is 6.54 Å². The van der Waals surface area contributed by atoms with Crippen molar-refractivity contribution < 1.29 is 9.53 Å². The summed E-state index contributed by atoms with van der Waals surface area (Å²) < 4.78 is 5.27. The van der Waals surface area contributed by atoms with Crippen molar-refractivity contribution in [2.75, 3.05) is 19.8 Å². The van der Waals surface area contributed by atoms with Crippen LogP contribution in [0.4, 0.5) is 0 Å². The van der Waals surface area contributed by atoms with Crippen molar-refractivity contribution in [1.29, 1.82) is 0 Å². The fourth-order valence-electron chi connectivity index (χ4n) is 2.79. The van der Waals surface area contributed by atoms with E-state index < -0.39 is 0 Å². The number of hydrogen-bond acceptors (Lipinski definition) is 3. The Hall–Kier alpha value is -0.610. The molecule has 2 aliphatic rings. The molecular weight excluding hydrogens is 216 g/mol. The average molecular weight is 240 g/mol. The fraction of sp³-hybridized carbons (Fsp3) is 0.923. The Morgan fingerprint density at radius 3 is 2.65 bits per heavy atom. The molecule has 0 aromatic rings. The van der Waals surface area contributed by atoms with E-state index in [1.165, 1.54) is 19.3 Å². The van der Waals surface area contributed by atoms with Crippen molar-refractivity contribution in [3.05, 3.63) is 0 Å². The number of rotatable bonds is 4. The maximum absolute atomic E-state index is 11.8. The largest absolute Gasteiger partial charge is 0.381 e. The number of carbonyl (C=O) groups is 1. The molecule has 0 spiro atoms. The summed E-state index contributed by atoms with van der Waals surface area (Å²) >= 11 is 0. The van der Waals surface area contributed by atoms with Crippen molar-refractivity contribution >= 4 is 5.91 Å². The van der Waals surface area contributed by atoms with Gasteiger partial charge in [0.25, 0.3) is 0 Å². The van der Waals surface area contributed by atoms with Gasteiger partial charge in [-0.15, -0.1) is 0 Å². The standard InChI is InChI=1S/C13H24N2O2/c1-10-3-2-4-12(10)14-9-13(16)15-11-5-7-17-8-6-11/h10-12,14H,2-9H2,1H3,(H,15,16). The third kappa shape index (κ3) is 3.96. The molecule has 2 rings (SSSR count). The van der Waals surface area contributed by atoms with Crippen LogP contribution in [0.2, 0.25) is 0 Å². The molecule has 2 unspecified atom stereocenters. The van der Waals surface area contributed by atoms with E-state index in [9.17, 15) is 4.79 Å². The van der Waals surface area contributed by atoms with Gasteiger partial charge in [0, 0.05) is 25.3 Å². The minimum absolute atomic E-state index is 0.135. The van der Waals surface area contributed by atoms with Gasteiger partial charge in [0.15, 0.2) is 0 Å². The van der Waals surface area contributed by atoms with Gasteiger partial charge in [-0.05, 0) is 31.6 Å². The third-order valence-electron chi connectivity index (χ3n) is 3.97. The van der Waals surface area contributed by atoms with Gasteiger partial charge in [-0.1, -0.05) is 13.3 Å². The van der Waals surface area contributed by atoms with Crippen molar-refractivity contribution in [2.24, 2.45) is 5.92 Å². The summed E-state index contributed by atoms with van der Waals surface area (Å²) in [7, 11) is 0. The molecule has 2 N–H and O–H groups in total. The lowest BCUT2D eigenvalue weighted by atomic mass is 10.1. The highest BCUT2D eigenvalue weighted by Crippen LogP contribution is 2.24. The fourth-order valence-corrected chi connectivity index (χ4v) is 2.79. The Morgan fingerprint density at radius 1 is 1.24 bits per heavy atom. The number of ether oxygens (including phenoxy) is 1. The second-order valence-electron chi connectivity index (χ2n) is 5.35. The second kappa shape index (κ2) is 6.36. The molecule has 1 amide bonds. The maximum Gasteiger partial charge on any atom is 0.234 e. The lowest BCUT2D eigenvalue weighted by Crippen LogP contribution is -2.45. The van der Waals surface area contributed by atoms with E-state index in [0.29, 0.717) is 24.5 Å². The van der Waals surface area contributed by atoms with Crippen LogP contribution in [-0.2, 0) is 9.53 Å². The van der Waals surface area contributed by atoms with Crippen LogP contribution in [0.25, 0.3) is 0 Å². The van der Waals surface area contributed by atoms with E-state index in [2.05, 4.69) is 17.6 Å². The molecule has 1 saturated heterocycles. The molecule has 17 heavy (non-hydrogen) atoms. The number of nitrogens with one attached hydrogen (secondary N) is 2. The van der Waals surface area contributed by atoms with Crippen LogP contribution in [0.15, 0.2) is 0 Å². The molecule has 4 nitrogen and oxygen atoms in total. The molecule has 2 atom stereocenters. The van der Waals surface area contributed by atoms with Crippen LogP contribution >= 0.6 is 0 Å². The number of hydrogen-bond donors (Lipinski definition) is 2. The quantitative estimate of drug-likeness (QED) is 0.772. The summed E-state index contributed by atoms with van der Waals surface area (Å²) in [6.45, 7) is 4.28. The molecule has 0 bridgehead atoms. The van der Waals surface area contributed by atoms with E-state index in [1.54, 1.807) is 0 Å². The topological polar surface area (TPSA) is 50.4 Å². The Balaban J connectivity index is 1.63. The summed E-state index contributed by atoms with van der Waals surface area (Å²) in [6, 6.07) is 0.856. The summed E-state index contributed by atoms with van der Waals surface area (Å²) in [4.78, 5) is 11.8. The van der Waals surface area contributed by atoms with Gasteiger partial charge >= 0.3 is 0 Å². The molecule has 98 valence electrons. The van der Waals surface area contributed by atoms with Gasteiger partial charge in [-0.3, -0.25) is 4.79 Å². The summed E-state index contributed by atoms with van der Waals surface area (Å²) in [6.07, 6.45) is 5.70. The first kappa shape index (κ1) is 12.8. The van der Waals surface area contributed by atoms with Crippen molar-refractivity contribution in [2.45, 2.75) is 51.1 Å². The molecule has 0 aromatic heterocycles. The molecule has 1 aliphatic carbocycles. The van der Waals surface area contributed by atoms with Crippen molar-refractivity contribution in [1.82, 2.24) is 10.6 Å². The highest BCUT2D eigenvalue weighted by Gasteiger charge is 2.23. The van der Waals surface area contributed by atoms with E-state index in [-0.39, 0.29) is 5.91 Å². The molecular formula is C13H24N2O2. The van der Waals surface area contributed by atoms with E-state index in [1.807, 2.05) is 0 Å². The first-order valence-corrected chi connectivity index (χ1v) is 6.86. The Kier molecular flexibility index (Phi) is 4.80. The average Bonchev–Trinajstić information content (AvgIpc) is 2.74. The minimum atomic E-state index is 0.135. The molecule has 0 radical (unpaired) electrons. The Bertz CT molecular complexity index is 252. The van der Waals surface area contributed by atoms with Crippen LogP contribution in [-0.4, -0.2) is 37.7 Å². The van der Waals surface area contributed by atoms with Crippen LogP contribution in [0.1, 0.15) is 39.0 Å². The van der Waals surface area contributed by atoms with Crippen LogP contribution in [0.3, 0.4) is 0 Å². The normalized spacial score (nSPS) is 30.4. The smallest absolute Gasteiger partial charge is 0.234 e. The van der Waals surface area contributed by atoms with Gasteiger partial charge in [0.1, 0.15) is 0 Å². The molecule has 0 aromatic carbocycles. The summed E-state index contributed by atoms with van der Waals surface area (Å²) in [5.41, 5.74) is 0. The molecule has 4 heteroatoms. The van der Waals surface area contributed by atoms with Crippen LogP contribution < -0.4 is 10.6 Å². The highest BCUT2D eigenvalue weighted by molar-refractivity contribution is 5.78. The van der Waals surface area contributed by atoms with Crippen molar-refractivity contribution in [3.8, 4) is 0 Å². The minimum Gasteiger partial charge on any atom is -0.381 e. The van der Waals surface area contributed by atoms with Crippen LogP contribution in [0, 0.1) is 5.92 Å². The van der Waals surface area contributed by atoms with Crippen LogP contribution in [0.5, 0.6) is 0 Å². The first-order chi connectivity index (χ1) is 8.25. The SMILES string of the molecule is CC1CCCC1NCC(=O)NC1CCOCC1. The molecule has 1 heterocycles. The molecule has 1 aliphatic heterocycles. The molecule has 2 fully saturated rings. The van der Waals surface area contributed by atoms with Gasteiger partial charge in [-0.25, -0.2) is 0 Å². The van der Waals surface area contributed by atoms with Crippen molar-refractivity contribution in [3.63, 3.8) is 0 Å². The Morgan fingerprint density at radius 2 is 2.00 bits per heavy atom. The van der Waals surface area contributed by atoms with Gasteiger partial charge in [0.2, 0.25) is 5.91 Å². The Labute approximate surface area is 103 Å². The first-order valence-electron chi connectivity index (χ1n) is 6.86. The van der Waals surface area contributed by atoms with Gasteiger partial charge < -0.3 is 15.4 Å². The lowest BCUT2D eigenvalue weighted by Gasteiger charge is -2.24. The van der Waals surface area contributed by atoms with Gasteiger partial charge in [-0.2, -0.15) is 0 Å². The summed E-state index contributed by atoms with van der Waals surface area (Å²) in [5, 5.41) is 6.45. The zero-order valence-corrected chi connectivity index (χ0v) is 10.7. The monoisotopic (exact) mass is 240 g/mol. The predicted molar refractivity (Wildman–Crippen MR) is 66.8 cm³/mol. The summed E-state index contributed by atoms with van der Waals surface area (Å²) in [5.74, 6) is 0.849. The second-order valence-corrected chi connectivity index (χ2v) is 5.35. The number of amides is 1. The predicted octanol–water partition coefficient (Wildman–Crippen LogP) is 1.06. The third-order valence-corrected chi connectivity index (χ3v) is 3.97.